The van der Waals surface area contributed by atoms with Gasteiger partial charge >= 0.3 is 0 Å². The summed E-state index contributed by atoms with van der Waals surface area (Å²) < 4.78 is 0. The monoisotopic (exact) mass is 356 g/mol. The fraction of sp³-hybridized carbons (Fsp3) is 0.350. The number of anilines is 1. The minimum Gasteiger partial charge on any atom is -0.382 e. The zero-order valence-corrected chi connectivity index (χ0v) is 15.4. The minimum absolute atomic E-state index is 0.218. The second kappa shape index (κ2) is 8.04. The van der Waals surface area contributed by atoms with Gasteiger partial charge in [-0.2, -0.15) is 0 Å². The Hall–Kier alpha value is -1.82. The lowest BCUT2D eigenvalue weighted by atomic mass is 10.1. The van der Waals surface area contributed by atoms with Crippen LogP contribution in [0.1, 0.15) is 17.2 Å². The van der Waals surface area contributed by atoms with Crippen LogP contribution >= 0.6 is 11.8 Å². The summed E-state index contributed by atoms with van der Waals surface area (Å²) in [6, 6.07) is 17.7. The zero-order valence-electron chi connectivity index (χ0n) is 14.6. The van der Waals surface area contributed by atoms with Gasteiger partial charge in [0.2, 0.25) is 0 Å². The summed E-state index contributed by atoms with van der Waals surface area (Å²) >= 11 is 1.56. The van der Waals surface area contributed by atoms with E-state index in [4.69, 9.17) is 0 Å². The molecule has 1 amide bonds. The van der Waals surface area contributed by atoms with Crippen LogP contribution in [0.4, 0.5) is 5.69 Å². The third kappa shape index (κ3) is 4.06. The van der Waals surface area contributed by atoms with E-state index in [1.807, 2.05) is 68.7 Å². The highest BCUT2D eigenvalue weighted by molar-refractivity contribution is 7.99. The number of aliphatic hydroxyl groups is 1. The van der Waals surface area contributed by atoms with Crippen molar-refractivity contribution in [3.05, 3.63) is 60.2 Å². The van der Waals surface area contributed by atoms with Gasteiger partial charge in [-0.05, 0) is 44.8 Å². The van der Waals surface area contributed by atoms with Gasteiger partial charge in [-0.25, -0.2) is 0 Å². The predicted octanol–water partition coefficient (Wildman–Crippen LogP) is 3.18. The van der Waals surface area contributed by atoms with E-state index in [2.05, 4.69) is 4.90 Å². The van der Waals surface area contributed by atoms with Crippen LogP contribution in [0.25, 0.3) is 0 Å². The molecule has 0 saturated carbocycles. The van der Waals surface area contributed by atoms with Crippen molar-refractivity contribution >= 4 is 23.4 Å². The Morgan fingerprint density at radius 2 is 1.76 bits per heavy atom. The van der Waals surface area contributed by atoms with Crippen LogP contribution < -0.4 is 4.90 Å². The molecule has 0 fully saturated rings. The SMILES string of the molecule is CN(C)CCCN1C(=O)C(O)C(c2ccccc2)Sc2ccccc21. The number of para-hydroxylation sites is 1. The van der Waals surface area contributed by atoms with E-state index in [9.17, 15) is 9.90 Å². The van der Waals surface area contributed by atoms with Crippen molar-refractivity contribution in [2.24, 2.45) is 0 Å². The summed E-state index contributed by atoms with van der Waals surface area (Å²) in [6.07, 6.45) is -0.195. The average Bonchev–Trinajstić information content (AvgIpc) is 2.72. The molecule has 2 aromatic carbocycles. The number of benzene rings is 2. The topological polar surface area (TPSA) is 43.8 Å². The summed E-state index contributed by atoms with van der Waals surface area (Å²) in [4.78, 5) is 17.9. The maximum absolute atomic E-state index is 13.0. The molecule has 132 valence electrons. The van der Waals surface area contributed by atoms with Gasteiger partial charge in [-0.15, -0.1) is 11.8 Å². The van der Waals surface area contributed by atoms with Gasteiger partial charge < -0.3 is 14.9 Å². The fourth-order valence-electron chi connectivity index (χ4n) is 3.06. The van der Waals surface area contributed by atoms with Gasteiger partial charge in [0.05, 0.1) is 10.9 Å². The largest absolute Gasteiger partial charge is 0.382 e. The number of aliphatic hydroxyl groups excluding tert-OH is 1. The van der Waals surface area contributed by atoms with Crippen molar-refractivity contribution in [3.63, 3.8) is 0 Å². The number of thioether (sulfide) groups is 1. The predicted molar refractivity (Wildman–Crippen MR) is 103 cm³/mol. The van der Waals surface area contributed by atoms with Crippen molar-refractivity contribution in [1.82, 2.24) is 4.90 Å². The molecule has 1 aliphatic rings. The Morgan fingerprint density at radius 1 is 1.08 bits per heavy atom. The second-order valence-electron chi connectivity index (χ2n) is 6.51. The van der Waals surface area contributed by atoms with E-state index in [0.717, 1.165) is 29.1 Å². The molecule has 2 aromatic rings. The molecule has 0 aromatic heterocycles. The van der Waals surface area contributed by atoms with Gasteiger partial charge in [0, 0.05) is 11.4 Å². The molecule has 1 aliphatic heterocycles. The standard InChI is InChI=1S/C20H24N2O2S/c1-21(2)13-8-14-22-16-11-6-7-12-17(16)25-19(18(23)20(22)24)15-9-4-3-5-10-15/h3-7,9-12,18-19,23H,8,13-14H2,1-2H3. The number of amides is 1. The van der Waals surface area contributed by atoms with Crippen LogP contribution in [0, 0.1) is 0 Å². The van der Waals surface area contributed by atoms with Crippen molar-refractivity contribution in [1.29, 1.82) is 0 Å². The first-order valence-electron chi connectivity index (χ1n) is 8.52. The number of carbonyl (C=O) groups excluding carboxylic acids is 1. The maximum Gasteiger partial charge on any atom is 0.257 e. The van der Waals surface area contributed by atoms with Crippen LogP contribution in [-0.4, -0.2) is 49.2 Å². The molecule has 25 heavy (non-hydrogen) atoms. The van der Waals surface area contributed by atoms with E-state index in [1.165, 1.54) is 0 Å². The average molecular weight is 356 g/mol. The van der Waals surface area contributed by atoms with E-state index in [-0.39, 0.29) is 11.2 Å². The summed E-state index contributed by atoms with van der Waals surface area (Å²) in [5.41, 5.74) is 1.87. The molecule has 0 bridgehead atoms. The first-order valence-corrected chi connectivity index (χ1v) is 9.40. The van der Waals surface area contributed by atoms with Crippen LogP contribution in [0.3, 0.4) is 0 Å². The van der Waals surface area contributed by atoms with Gasteiger partial charge in [0.25, 0.3) is 5.91 Å². The second-order valence-corrected chi connectivity index (χ2v) is 7.69. The molecule has 1 N–H and O–H groups in total. The van der Waals surface area contributed by atoms with Crippen molar-refractivity contribution in [3.8, 4) is 0 Å². The Morgan fingerprint density at radius 3 is 2.48 bits per heavy atom. The van der Waals surface area contributed by atoms with Crippen LogP contribution in [0.5, 0.6) is 0 Å². The molecule has 0 saturated heterocycles. The Kier molecular flexibility index (Phi) is 5.78. The normalized spacial score (nSPS) is 20.5. The highest BCUT2D eigenvalue weighted by Gasteiger charge is 2.36. The molecule has 0 aliphatic carbocycles. The van der Waals surface area contributed by atoms with Crippen molar-refractivity contribution in [2.45, 2.75) is 22.7 Å². The Labute approximate surface area is 153 Å². The van der Waals surface area contributed by atoms with Gasteiger partial charge in [-0.1, -0.05) is 42.5 Å². The van der Waals surface area contributed by atoms with Crippen LogP contribution in [0.15, 0.2) is 59.5 Å². The summed E-state index contributed by atoms with van der Waals surface area (Å²) in [5.74, 6) is -0.218. The third-order valence-electron chi connectivity index (χ3n) is 4.33. The molecule has 5 heteroatoms. The van der Waals surface area contributed by atoms with Gasteiger partial charge in [0.15, 0.2) is 0 Å². The Balaban J connectivity index is 1.93. The van der Waals surface area contributed by atoms with E-state index < -0.39 is 6.10 Å². The fourth-order valence-corrected chi connectivity index (χ4v) is 4.33. The first kappa shape index (κ1) is 18.0. The highest BCUT2D eigenvalue weighted by atomic mass is 32.2. The number of rotatable bonds is 5. The third-order valence-corrected chi connectivity index (χ3v) is 5.71. The number of fused-ring (bicyclic) bond motifs is 1. The highest BCUT2D eigenvalue weighted by Crippen LogP contribution is 2.45. The quantitative estimate of drug-likeness (QED) is 0.894. The molecule has 0 spiro atoms. The molecule has 3 rings (SSSR count). The molecular formula is C20H24N2O2S. The lowest BCUT2D eigenvalue weighted by Crippen LogP contribution is -2.41. The van der Waals surface area contributed by atoms with E-state index >= 15 is 0 Å². The molecule has 2 atom stereocenters. The maximum atomic E-state index is 13.0. The molecular weight excluding hydrogens is 332 g/mol. The lowest BCUT2D eigenvalue weighted by molar-refractivity contribution is -0.126. The number of hydrogen-bond acceptors (Lipinski definition) is 4. The molecule has 0 radical (unpaired) electrons. The van der Waals surface area contributed by atoms with Crippen LogP contribution in [0.2, 0.25) is 0 Å². The van der Waals surface area contributed by atoms with Crippen molar-refractivity contribution in [2.75, 3.05) is 32.1 Å². The molecule has 1 heterocycles. The Bertz CT molecular complexity index is 721. The number of hydrogen-bond donors (Lipinski definition) is 1. The lowest BCUT2D eigenvalue weighted by Gasteiger charge is -2.25. The van der Waals surface area contributed by atoms with Crippen molar-refractivity contribution < 1.29 is 9.90 Å². The summed E-state index contributed by atoms with van der Waals surface area (Å²) in [5, 5.41) is 10.5. The molecule has 4 nitrogen and oxygen atoms in total. The van der Waals surface area contributed by atoms with Gasteiger partial charge in [-0.3, -0.25) is 4.79 Å². The summed E-state index contributed by atoms with van der Waals surface area (Å²) in [6.45, 7) is 1.50. The number of carbonyl (C=O) groups is 1. The van der Waals surface area contributed by atoms with E-state index in [1.54, 1.807) is 16.7 Å². The first-order chi connectivity index (χ1) is 12.1. The van der Waals surface area contributed by atoms with E-state index in [0.29, 0.717) is 6.54 Å². The summed E-state index contributed by atoms with van der Waals surface area (Å²) in [7, 11) is 4.04. The van der Waals surface area contributed by atoms with Gasteiger partial charge in [0.1, 0.15) is 6.10 Å². The minimum atomic E-state index is -1.06. The molecule has 2 unspecified atom stereocenters. The zero-order chi connectivity index (χ0) is 17.8. The number of nitrogens with zero attached hydrogens (tertiary/aromatic N) is 2. The smallest absolute Gasteiger partial charge is 0.257 e. The van der Waals surface area contributed by atoms with Crippen LogP contribution in [-0.2, 0) is 4.79 Å².